The third-order valence-electron chi connectivity index (χ3n) is 5.88. The number of nitro groups is 1. The van der Waals surface area contributed by atoms with E-state index in [2.05, 4.69) is 10.6 Å². The molecule has 0 saturated heterocycles. The molecular weight excluding hydrogens is 461 g/mol. The van der Waals surface area contributed by atoms with Gasteiger partial charge in [0.1, 0.15) is 5.82 Å². The van der Waals surface area contributed by atoms with Crippen LogP contribution in [0.5, 0.6) is 0 Å². The maximum absolute atomic E-state index is 13.8. The van der Waals surface area contributed by atoms with Crippen LogP contribution in [0.1, 0.15) is 17.2 Å². The number of non-ortho nitro benzene ring substituents is 1. The van der Waals surface area contributed by atoms with Crippen molar-refractivity contribution < 1.29 is 18.8 Å². The van der Waals surface area contributed by atoms with Crippen molar-refractivity contribution in [1.82, 2.24) is 0 Å². The number of rotatable bonds is 9. The van der Waals surface area contributed by atoms with E-state index in [9.17, 15) is 19.3 Å². The van der Waals surface area contributed by atoms with Gasteiger partial charge in [0.25, 0.3) is 5.69 Å². The third-order valence-corrected chi connectivity index (χ3v) is 5.88. The van der Waals surface area contributed by atoms with Crippen molar-refractivity contribution in [2.75, 3.05) is 17.7 Å². The van der Waals surface area contributed by atoms with Gasteiger partial charge in [0.15, 0.2) is 5.54 Å². The van der Waals surface area contributed by atoms with Gasteiger partial charge < -0.3 is 15.4 Å². The summed E-state index contributed by atoms with van der Waals surface area (Å²) in [6.07, 6.45) is 0. The fourth-order valence-corrected chi connectivity index (χ4v) is 4.15. The lowest BCUT2D eigenvalue weighted by molar-refractivity contribution is -0.384. The summed E-state index contributed by atoms with van der Waals surface area (Å²) < 4.78 is 19.0. The average molecular weight is 486 g/mol. The van der Waals surface area contributed by atoms with Crippen molar-refractivity contribution in [2.45, 2.75) is 11.6 Å². The van der Waals surface area contributed by atoms with E-state index in [4.69, 9.17) is 4.74 Å². The van der Waals surface area contributed by atoms with E-state index < -0.39 is 28.3 Å². The first-order valence-electron chi connectivity index (χ1n) is 11.2. The molecule has 0 unspecified atom stereocenters. The molecule has 0 fully saturated rings. The van der Waals surface area contributed by atoms with Crippen LogP contribution in [0, 0.1) is 15.9 Å². The van der Waals surface area contributed by atoms with Gasteiger partial charge in [-0.05, 0) is 47.5 Å². The van der Waals surface area contributed by atoms with Crippen molar-refractivity contribution in [2.24, 2.45) is 0 Å². The maximum atomic E-state index is 13.8. The summed E-state index contributed by atoms with van der Waals surface area (Å²) in [4.78, 5) is 24.6. The van der Waals surface area contributed by atoms with Gasteiger partial charge in [-0.2, -0.15) is 0 Å². The summed E-state index contributed by atoms with van der Waals surface area (Å²) in [6, 6.07) is 29.1. The number of para-hydroxylation sites is 1. The average Bonchev–Trinajstić information content (AvgIpc) is 2.92. The molecule has 0 aliphatic heterocycles. The van der Waals surface area contributed by atoms with Crippen molar-refractivity contribution in [3.63, 3.8) is 0 Å². The Balaban J connectivity index is 1.97. The van der Waals surface area contributed by atoms with Crippen LogP contribution in [-0.2, 0) is 15.1 Å². The predicted octanol–water partition coefficient (Wildman–Crippen LogP) is 6.07. The molecule has 0 bridgehead atoms. The highest BCUT2D eigenvalue weighted by Gasteiger charge is 2.50. The number of methoxy groups -OCH3 is 1. The van der Waals surface area contributed by atoms with Crippen molar-refractivity contribution >= 4 is 23.0 Å². The zero-order chi connectivity index (χ0) is 25.5. The Morgan fingerprint density at radius 1 is 0.861 bits per heavy atom. The van der Waals surface area contributed by atoms with E-state index in [1.807, 2.05) is 36.4 Å². The minimum atomic E-state index is -1.56. The first-order chi connectivity index (χ1) is 17.4. The van der Waals surface area contributed by atoms with Gasteiger partial charge in [-0.1, -0.05) is 60.7 Å². The molecule has 0 aliphatic carbocycles. The largest absolute Gasteiger partial charge is 0.467 e. The number of nitrogens with zero attached hydrogens (tertiary/aromatic N) is 1. The molecule has 0 heterocycles. The molecule has 0 aromatic heterocycles. The normalized spacial score (nSPS) is 13.2. The fourth-order valence-electron chi connectivity index (χ4n) is 4.15. The Labute approximate surface area is 207 Å². The number of carbonyl (C=O) groups is 1. The fraction of sp³-hybridized carbons (Fsp3) is 0.107. The maximum Gasteiger partial charge on any atom is 0.338 e. The molecule has 36 heavy (non-hydrogen) atoms. The van der Waals surface area contributed by atoms with Crippen LogP contribution >= 0.6 is 0 Å². The minimum Gasteiger partial charge on any atom is -0.467 e. The molecule has 182 valence electrons. The summed E-state index contributed by atoms with van der Waals surface area (Å²) in [7, 11) is 1.29. The van der Waals surface area contributed by atoms with E-state index in [1.165, 1.54) is 43.5 Å². The second-order valence-corrected chi connectivity index (χ2v) is 8.09. The van der Waals surface area contributed by atoms with Gasteiger partial charge in [-0.3, -0.25) is 10.1 Å². The number of halogens is 1. The molecule has 0 amide bonds. The summed E-state index contributed by atoms with van der Waals surface area (Å²) in [5.74, 6) is -1.02. The molecule has 2 N–H and O–H groups in total. The zero-order valence-electron chi connectivity index (χ0n) is 19.4. The molecule has 0 saturated carbocycles. The molecule has 8 heteroatoms. The summed E-state index contributed by atoms with van der Waals surface area (Å²) in [5.41, 5.74) is 0.728. The van der Waals surface area contributed by atoms with E-state index in [1.54, 1.807) is 36.4 Å². The van der Waals surface area contributed by atoms with Gasteiger partial charge in [0.2, 0.25) is 0 Å². The topological polar surface area (TPSA) is 93.5 Å². The summed E-state index contributed by atoms with van der Waals surface area (Å²) in [5, 5.41) is 18.0. The van der Waals surface area contributed by atoms with Gasteiger partial charge >= 0.3 is 5.97 Å². The number of nitrogens with one attached hydrogen (secondary N) is 2. The molecule has 0 spiro atoms. The molecular formula is C28H24FN3O4. The van der Waals surface area contributed by atoms with Crippen LogP contribution in [0.15, 0.2) is 109 Å². The minimum absolute atomic E-state index is 0.0768. The Bertz CT molecular complexity index is 1320. The van der Waals surface area contributed by atoms with E-state index in [0.29, 0.717) is 22.5 Å². The highest BCUT2D eigenvalue weighted by molar-refractivity contribution is 5.88. The number of benzene rings is 4. The van der Waals surface area contributed by atoms with Crippen LogP contribution in [0.2, 0.25) is 0 Å². The number of carbonyl (C=O) groups excluding carboxylic acids is 1. The predicted molar refractivity (Wildman–Crippen MR) is 136 cm³/mol. The smallest absolute Gasteiger partial charge is 0.338 e. The van der Waals surface area contributed by atoms with E-state index >= 15 is 0 Å². The first-order valence-corrected chi connectivity index (χ1v) is 11.2. The van der Waals surface area contributed by atoms with Gasteiger partial charge in [0, 0.05) is 23.5 Å². The number of esters is 1. The quantitative estimate of drug-likeness (QED) is 0.170. The molecule has 4 aromatic carbocycles. The third kappa shape index (κ3) is 5.02. The molecule has 7 nitrogen and oxygen atoms in total. The SMILES string of the molecule is COC(=O)[C@@](Nc1ccc(F)cc1)(c1ccccc1)[C@@H](Nc1ccccc1)c1ccc([N+](=O)[O-])cc1. The summed E-state index contributed by atoms with van der Waals surface area (Å²) in [6.45, 7) is 0. The Morgan fingerprint density at radius 3 is 2.00 bits per heavy atom. The molecule has 0 aliphatic rings. The highest BCUT2D eigenvalue weighted by atomic mass is 19.1. The molecule has 2 atom stereocenters. The Kier molecular flexibility index (Phi) is 7.25. The number of nitro benzene ring substituents is 1. The zero-order valence-corrected chi connectivity index (χ0v) is 19.4. The first kappa shape index (κ1) is 24.4. The number of hydrogen-bond acceptors (Lipinski definition) is 6. The van der Waals surface area contributed by atoms with Gasteiger partial charge in [-0.15, -0.1) is 0 Å². The lowest BCUT2D eigenvalue weighted by Crippen LogP contribution is -2.51. The standard InChI is InChI=1S/C28H24FN3O4/c1-36-27(33)28(21-8-4-2-5-9-21,31-24-16-14-22(29)15-17-24)26(30-23-10-6-3-7-11-23)20-12-18-25(19-13-20)32(34)35/h2-19,26,30-31H,1H3/t26-,28+/m0/s1. The monoisotopic (exact) mass is 485 g/mol. The van der Waals surface area contributed by atoms with E-state index in [-0.39, 0.29) is 5.69 Å². The Hall–Kier alpha value is -4.72. The van der Waals surface area contributed by atoms with Gasteiger partial charge in [-0.25, -0.2) is 9.18 Å². The second kappa shape index (κ2) is 10.7. The van der Waals surface area contributed by atoms with Crippen LogP contribution in [0.3, 0.4) is 0 Å². The van der Waals surface area contributed by atoms with E-state index in [0.717, 1.165) is 0 Å². The van der Waals surface area contributed by atoms with Crippen LogP contribution < -0.4 is 10.6 Å². The van der Waals surface area contributed by atoms with Crippen LogP contribution in [-0.4, -0.2) is 18.0 Å². The number of hydrogen-bond donors (Lipinski definition) is 2. The number of anilines is 2. The Morgan fingerprint density at radius 2 is 1.44 bits per heavy atom. The van der Waals surface area contributed by atoms with Crippen LogP contribution in [0.4, 0.5) is 21.5 Å². The number of ether oxygens (including phenoxy) is 1. The van der Waals surface area contributed by atoms with Gasteiger partial charge in [0.05, 0.1) is 18.1 Å². The highest BCUT2D eigenvalue weighted by Crippen LogP contribution is 2.42. The summed E-state index contributed by atoms with van der Waals surface area (Å²) >= 11 is 0. The van der Waals surface area contributed by atoms with Crippen molar-refractivity contribution in [1.29, 1.82) is 0 Å². The molecule has 0 radical (unpaired) electrons. The van der Waals surface area contributed by atoms with Crippen molar-refractivity contribution in [3.05, 3.63) is 136 Å². The molecule has 4 rings (SSSR count). The lowest BCUT2D eigenvalue weighted by atomic mass is 9.78. The molecule has 4 aromatic rings. The van der Waals surface area contributed by atoms with Crippen molar-refractivity contribution in [3.8, 4) is 0 Å². The second-order valence-electron chi connectivity index (χ2n) is 8.09. The lowest BCUT2D eigenvalue weighted by Gasteiger charge is -2.41. The van der Waals surface area contributed by atoms with Crippen LogP contribution in [0.25, 0.3) is 0 Å².